The number of halogens is 2. The van der Waals surface area contributed by atoms with E-state index in [1.807, 2.05) is 18.2 Å². The second-order valence-electron chi connectivity index (χ2n) is 3.18. The summed E-state index contributed by atoms with van der Waals surface area (Å²) >= 11 is 12.0. The van der Waals surface area contributed by atoms with E-state index >= 15 is 0 Å². The average Bonchev–Trinajstić information content (AvgIpc) is 2.13. The fourth-order valence-electron chi connectivity index (χ4n) is 1.56. The molecule has 0 heterocycles. The molecule has 0 radical (unpaired) electrons. The lowest BCUT2D eigenvalue weighted by Gasteiger charge is -2.14. The lowest BCUT2D eigenvalue weighted by Crippen LogP contribution is -1.96. The largest absolute Gasteiger partial charge is 0.0843 e. The van der Waals surface area contributed by atoms with Crippen molar-refractivity contribution < 1.29 is 0 Å². The van der Waals surface area contributed by atoms with E-state index in [4.69, 9.17) is 23.2 Å². The highest BCUT2D eigenvalue weighted by atomic mass is 35.5. The Morgan fingerprint density at radius 1 is 1.15 bits per heavy atom. The normalized spacial score (nSPS) is 10.8. The smallest absolute Gasteiger partial charge is 0.0441 e. The second kappa shape index (κ2) is 4.88. The Kier molecular flexibility index (Phi) is 4.08. The molecule has 0 spiro atoms. The van der Waals surface area contributed by atoms with Crippen molar-refractivity contribution in [3.05, 3.63) is 33.8 Å². The maximum Gasteiger partial charge on any atom is 0.0441 e. The number of hydrogen-bond donors (Lipinski definition) is 0. The van der Waals surface area contributed by atoms with Crippen LogP contribution in [0.5, 0.6) is 0 Å². The van der Waals surface area contributed by atoms with Crippen LogP contribution >= 0.6 is 23.2 Å². The topological polar surface area (TPSA) is 0 Å². The van der Waals surface area contributed by atoms with Gasteiger partial charge >= 0.3 is 0 Å². The first-order valence-electron chi connectivity index (χ1n) is 4.64. The summed E-state index contributed by atoms with van der Waals surface area (Å²) in [5.41, 5.74) is 1.18. The minimum absolute atomic E-state index is 0.534. The quantitative estimate of drug-likeness (QED) is 0.675. The third kappa shape index (κ3) is 2.62. The van der Waals surface area contributed by atoms with Crippen LogP contribution in [0.1, 0.15) is 38.2 Å². The Bertz CT molecular complexity index is 277. The predicted octanol–water partition coefficient (Wildman–Crippen LogP) is 4.90. The van der Waals surface area contributed by atoms with Crippen molar-refractivity contribution >= 4 is 23.2 Å². The van der Waals surface area contributed by atoms with Gasteiger partial charge in [0.25, 0.3) is 0 Å². The van der Waals surface area contributed by atoms with Gasteiger partial charge in [-0.05, 0) is 42.5 Å². The van der Waals surface area contributed by atoms with Gasteiger partial charge in [-0.3, -0.25) is 0 Å². The summed E-state index contributed by atoms with van der Waals surface area (Å²) in [6, 6.07) is 5.68. The minimum Gasteiger partial charge on any atom is -0.0843 e. The molecule has 72 valence electrons. The van der Waals surface area contributed by atoms with E-state index in [-0.39, 0.29) is 0 Å². The zero-order valence-corrected chi connectivity index (χ0v) is 9.49. The minimum atomic E-state index is 0.534. The number of rotatable bonds is 3. The van der Waals surface area contributed by atoms with E-state index in [9.17, 15) is 0 Å². The Morgan fingerprint density at radius 3 is 2.31 bits per heavy atom. The van der Waals surface area contributed by atoms with E-state index in [2.05, 4.69) is 13.8 Å². The van der Waals surface area contributed by atoms with Crippen LogP contribution in [0.2, 0.25) is 10.0 Å². The van der Waals surface area contributed by atoms with Gasteiger partial charge in [-0.1, -0.05) is 37.0 Å². The van der Waals surface area contributed by atoms with Gasteiger partial charge in [-0.2, -0.15) is 0 Å². The molecule has 0 saturated carbocycles. The molecule has 0 aliphatic carbocycles. The van der Waals surface area contributed by atoms with Crippen LogP contribution in [0.15, 0.2) is 18.2 Å². The molecule has 0 aliphatic heterocycles. The van der Waals surface area contributed by atoms with Crippen molar-refractivity contribution in [2.24, 2.45) is 0 Å². The van der Waals surface area contributed by atoms with E-state index in [0.29, 0.717) is 5.92 Å². The first-order chi connectivity index (χ1) is 6.19. The van der Waals surface area contributed by atoms with Crippen molar-refractivity contribution in [2.75, 3.05) is 0 Å². The molecular formula is C11H14Cl2. The Hall–Kier alpha value is -0.200. The average molecular weight is 217 g/mol. The highest BCUT2D eigenvalue weighted by Gasteiger charge is 2.10. The summed E-state index contributed by atoms with van der Waals surface area (Å²) in [6.07, 6.45) is 2.22. The summed E-state index contributed by atoms with van der Waals surface area (Å²) < 4.78 is 0. The van der Waals surface area contributed by atoms with Gasteiger partial charge in [0, 0.05) is 10.0 Å². The Morgan fingerprint density at radius 2 is 1.77 bits per heavy atom. The number of hydrogen-bond acceptors (Lipinski definition) is 0. The SMILES string of the molecule is CCC(CC)c1cc(Cl)ccc1Cl. The summed E-state index contributed by atoms with van der Waals surface area (Å²) in [7, 11) is 0. The standard InChI is InChI=1S/C11H14Cl2/c1-3-8(4-2)10-7-9(12)5-6-11(10)13/h5-8H,3-4H2,1-2H3. The van der Waals surface area contributed by atoms with Crippen molar-refractivity contribution in [1.82, 2.24) is 0 Å². The molecule has 0 fully saturated rings. The van der Waals surface area contributed by atoms with Crippen molar-refractivity contribution in [1.29, 1.82) is 0 Å². The van der Waals surface area contributed by atoms with Gasteiger partial charge in [0.1, 0.15) is 0 Å². The molecule has 13 heavy (non-hydrogen) atoms. The summed E-state index contributed by atoms with van der Waals surface area (Å²) in [4.78, 5) is 0. The summed E-state index contributed by atoms with van der Waals surface area (Å²) in [5.74, 6) is 0.534. The highest BCUT2D eigenvalue weighted by Crippen LogP contribution is 2.31. The van der Waals surface area contributed by atoms with Crippen molar-refractivity contribution in [3.63, 3.8) is 0 Å². The summed E-state index contributed by atoms with van der Waals surface area (Å²) in [6.45, 7) is 4.34. The Labute approximate surface area is 89.9 Å². The first kappa shape index (κ1) is 10.9. The fourth-order valence-corrected chi connectivity index (χ4v) is 2.01. The van der Waals surface area contributed by atoms with Gasteiger partial charge in [-0.15, -0.1) is 0 Å². The number of benzene rings is 1. The molecule has 2 heteroatoms. The summed E-state index contributed by atoms with van der Waals surface area (Å²) in [5, 5.41) is 1.60. The van der Waals surface area contributed by atoms with Crippen LogP contribution in [-0.4, -0.2) is 0 Å². The van der Waals surface area contributed by atoms with E-state index in [0.717, 1.165) is 22.9 Å². The van der Waals surface area contributed by atoms with Crippen molar-refractivity contribution in [2.45, 2.75) is 32.6 Å². The monoisotopic (exact) mass is 216 g/mol. The molecule has 0 nitrogen and oxygen atoms in total. The van der Waals surface area contributed by atoms with Crippen LogP contribution in [-0.2, 0) is 0 Å². The molecule has 0 aromatic heterocycles. The molecule has 0 saturated heterocycles. The zero-order chi connectivity index (χ0) is 9.84. The van der Waals surface area contributed by atoms with Gasteiger partial charge in [-0.25, -0.2) is 0 Å². The molecule has 0 bridgehead atoms. The van der Waals surface area contributed by atoms with Gasteiger partial charge in [0.05, 0.1) is 0 Å². The Balaban J connectivity index is 3.03. The predicted molar refractivity (Wildman–Crippen MR) is 59.8 cm³/mol. The van der Waals surface area contributed by atoms with E-state index in [1.165, 1.54) is 5.56 Å². The van der Waals surface area contributed by atoms with Crippen LogP contribution < -0.4 is 0 Å². The van der Waals surface area contributed by atoms with Crippen LogP contribution in [0.3, 0.4) is 0 Å². The molecule has 0 unspecified atom stereocenters. The van der Waals surface area contributed by atoms with Crippen LogP contribution in [0, 0.1) is 0 Å². The third-order valence-corrected chi connectivity index (χ3v) is 2.96. The highest BCUT2D eigenvalue weighted by molar-refractivity contribution is 6.33. The van der Waals surface area contributed by atoms with Crippen LogP contribution in [0.4, 0.5) is 0 Å². The van der Waals surface area contributed by atoms with Crippen molar-refractivity contribution in [3.8, 4) is 0 Å². The third-order valence-electron chi connectivity index (χ3n) is 2.38. The maximum absolute atomic E-state index is 6.09. The first-order valence-corrected chi connectivity index (χ1v) is 5.39. The maximum atomic E-state index is 6.09. The lowest BCUT2D eigenvalue weighted by atomic mass is 9.94. The molecule has 1 aromatic rings. The van der Waals surface area contributed by atoms with Crippen LogP contribution in [0.25, 0.3) is 0 Å². The second-order valence-corrected chi connectivity index (χ2v) is 4.02. The molecule has 0 atom stereocenters. The zero-order valence-electron chi connectivity index (χ0n) is 7.98. The molecule has 0 N–H and O–H groups in total. The molecule has 1 rings (SSSR count). The lowest BCUT2D eigenvalue weighted by molar-refractivity contribution is 0.642. The van der Waals surface area contributed by atoms with E-state index in [1.54, 1.807) is 0 Å². The van der Waals surface area contributed by atoms with Gasteiger partial charge in [0.15, 0.2) is 0 Å². The van der Waals surface area contributed by atoms with Gasteiger partial charge < -0.3 is 0 Å². The molecule has 0 aliphatic rings. The van der Waals surface area contributed by atoms with Gasteiger partial charge in [0.2, 0.25) is 0 Å². The molecular weight excluding hydrogens is 203 g/mol. The molecule has 1 aromatic carbocycles. The van der Waals surface area contributed by atoms with E-state index < -0.39 is 0 Å². The fraction of sp³-hybridized carbons (Fsp3) is 0.455. The molecule has 0 amide bonds.